The van der Waals surface area contributed by atoms with Crippen LogP contribution in [0.3, 0.4) is 0 Å². The number of nitrogens with zero attached hydrogens (tertiary/aromatic N) is 1. The van der Waals surface area contributed by atoms with Crippen LogP contribution in [0.1, 0.15) is 36.7 Å². The predicted molar refractivity (Wildman–Crippen MR) is 64.2 cm³/mol. The molecule has 5 nitrogen and oxygen atoms in total. The van der Waals surface area contributed by atoms with E-state index in [1.807, 2.05) is 0 Å². The van der Waals surface area contributed by atoms with Gasteiger partial charge in [0.15, 0.2) is 6.29 Å². The minimum absolute atomic E-state index is 0.217. The molecule has 0 aliphatic carbocycles. The summed E-state index contributed by atoms with van der Waals surface area (Å²) < 4.78 is 5.08. The number of carbonyl (C=O) groups excluding carboxylic acids is 2. The fourth-order valence-corrected chi connectivity index (χ4v) is 1.22. The molecule has 1 aromatic rings. The predicted octanol–water partition coefficient (Wildman–Crippen LogP) is 2.55. The van der Waals surface area contributed by atoms with Crippen molar-refractivity contribution < 1.29 is 14.3 Å². The molecule has 0 spiro atoms. The molecule has 0 radical (unpaired) electrons. The van der Waals surface area contributed by atoms with Crippen molar-refractivity contribution in [2.45, 2.75) is 33.3 Å². The summed E-state index contributed by atoms with van der Waals surface area (Å²) in [5.74, 6) is 0.217. The molecule has 1 rings (SSSR count). The molecule has 5 heteroatoms. The number of anilines is 1. The molecule has 0 atom stereocenters. The number of hydrogen-bond donors (Lipinski definition) is 1. The Bertz CT molecular complexity index is 436. The summed E-state index contributed by atoms with van der Waals surface area (Å²) in [4.78, 5) is 26.3. The number of aldehydes is 1. The highest BCUT2D eigenvalue weighted by Gasteiger charge is 2.18. The Morgan fingerprint density at radius 1 is 1.47 bits per heavy atom. The first-order valence-electron chi connectivity index (χ1n) is 5.24. The lowest BCUT2D eigenvalue weighted by Crippen LogP contribution is -2.27. The van der Waals surface area contributed by atoms with Crippen molar-refractivity contribution in [2.75, 3.05) is 5.32 Å². The number of hydrogen-bond acceptors (Lipinski definition) is 4. The second-order valence-corrected chi connectivity index (χ2v) is 4.63. The van der Waals surface area contributed by atoms with E-state index in [1.165, 1.54) is 6.20 Å². The Balaban J connectivity index is 2.85. The van der Waals surface area contributed by atoms with Crippen LogP contribution in [0.5, 0.6) is 0 Å². The molecule has 1 aromatic heterocycles. The molecule has 0 aliphatic heterocycles. The van der Waals surface area contributed by atoms with Crippen LogP contribution in [0.2, 0.25) is 0 Å². The molecule has 1 N–H and O–H groups in total. The summed E-state index contributed by atoms with van der Waals surface area (Å²) in [6.45, 7) is 7.05. The minimum Gasteiger partial charge on any atom is -0.444 e. The maximum absolute atomic E-state index is 11.5. The molecule has 0 bridgehead atoms. The average Bonchev–Trinajstić information content (AvgIpc) is 2.14. The minimum atomic E-state index is -0.626. The van der Waals surface area contributed by atoms with Gasteiger partial charge in [-0.3, -0.25) is 10.1 Å². The van der Waals surface area contributed by atoms with Crippen LogP contribution in [-0.4, -0.2) is 23.0 Å². The van der Waals surface area contributed by atoms with E-state index in [2.05, 4.69) is 10.3 Å². The van der Waals surface area contributed by atoms with Crippen LogP contribution < -0.4 is 5.32 Å². The summed E-state index contributed by atoms with van der Waals surface area (Å²) >= 11 is 0. The summed E-state index contributed by atoms with van der Waals surface area (Å²) in [7, 11) is 0. The molecule has 0 saturated heterocycles. The SMILES string of the molecule is Cc1ccnc(NC(=O)OC(C)(C)C)c1C=O. The van der Waals surface area contributed by atoms with Gasteiger partial charge in [0.1, 0.15) is 11.4 Å². The first-order valence-corrected chi connectivity index (χ1v) is 5.24. The Labute approximate surface area is 100 Å². The van der Waals surface area contributed by atoms with Crippen LogP contribution in [0.4, 0.5) is 10.6 Å². The van der Waals surface area contributed by atoms with Gasteiger partial charge in [0.25, 0.3) is 0 Å². The Morgan fingerprint density at radius 3 is 2.65 bits per heavy atom. The van der Waals surface area contributed by atoms with E-state index in [0.717, 1.165) is 5.56 Å². The normalized spacial score (nSPS) is 10.8. The number of pyridine rings is 1. The first kappa shape index (κ1) is 13.2. The molecular formula is C12H16N2O3. The maximum atomic E-state index is 11.5. The highest BCUT2D eigenvalue weighted by molar-refractivity contribution is 5.92. The fraction of sp³-hybridized carbons (Fsp3) is 0.417. The zero-order valence-corrected chi connectivity index (χ0v) is 10.4. The summed E-state index contributed by atoms with van der Waals surface area (Å²) in [5.41, 5.74) is 0.523. The van der Waals surface area contributed by atoms with Crippen molar-refractivity contribution in [3.05, 3.63) is 23.4 Å². The van der Waals surface area contributed by atoms with Crippen LogP contribution in [0.15, 0.2) is 12.3 Å². The smallest absolute Gasteiger partial charge is 0.413 e. The van der Waals surface area contributed by atoms with Crippen molar-refractivity contribution in [3.63, 3.8) is 0 Å². The standard InChI is InChI=1S/C12H16N2O3/c1-8-5-6-13-10(9(8)7-15)14-11(16)17-12(2,3)4/h5-7H,1-4H3,(H,13,14,16). The number of aryl methyl sites for hydroxylation is 1. The van der Waals surface area contributed by atoms with E-state index >= 15 is 0 Å². The number of carbonyl (C=O) groups is 2. The van der Waals surface area contributed by atoms with Gasteiger partial charge in [0.2, 0.25) is 0 Å². The van der Waals surface area contributed by atoms with Crippen molar-refractivity contribution in [1.82, 2.24) is 4.98 Å². The summed E-state index contributed by atoms with van der Waals surface area (Å²) in [6, 6.07) is 1.70. The molecule has 0 aliphatic rings. The highest BCUT2D eigenvalue weighted by Crippen LogP contribution is 2.15. The average molecular weight is 236 g/mol. The maximum Gasteiger partial charge on any atom is 0.413 e. The third-order valence-electron chi connectivity index (χ3n) is 1.95. The van der Waals surface area contributed by atoms with E-state index in [1.54, 1.807) is 33.8 Å². The van der Waals surface area contributed by atoms with Gasteiger partial charge in [0, 0.05) is 6.20 Å². The molecule has 0 unspecified atom stereocenters. The Morgan fingerprint density at radius 2 is 2.12 bits per heavy atom. The molecular weight excluding hydrogens is 220 g/mol. The molecule has 0 aromatic carbocycles. The van der Waals surface area contributed by atoms with Gasteiger partial charge in [-0.25, -0.2) is 9.78 Å². The third kappa shape index (κ3) is 3.86. The van der Waals surface area contributed by atoms with Gasteiger partial charge < -0.3 is 4.74 Å². The topological polar surface area (TPSA) is 68.3 Å². The van der Waals surface area contributed by atoms with Gasteiger partial charge in [-0.05, 0) is 39.3 Å². The number of aromatic nitrogens is 1. The largest absolute Gasteiger partial charge is 0.444 e. The second-order valence-electron chi connectivity index (χ2n) is 4.63. The zero-order valence-electron chi connectivity index (χ0n) is 10.4. The van der Waals surface area contributed by atoms with Crippen molar-refractivity contribution in [2.24, 2.45) is 0 Å². The van der Waals surface area contributed by atoms with Crippen molar-refractivity contribution in [1.29, 1.82) is 0 Å². The molecule has 1 amide bonds. The van der Waals surface area contributed by atoms with E-state index in [4.69, 9.17) is 4.74 Å². The van der Waals surface area contributed by atoms with Crippen LogP contribution in [0, 0.1) is 6.92 Å². The quantitative estimate of drug-likeness (QED) is 0.801. The van der Waals surface area contributed by atoms with Gasteiger partial charge >= 0.3 is 6.09 Å². The van der Waals surface area contributed by atoms with Crippen molar-refractivity contribution >= 4 is 18.2 Å². The summed E-state index contributed by atoms with van der Waals surface area (Å²) in [5, 5.41) is 2.46. The van der Waals surface area contributed by atoms with Crippen LogP contribution in [0.25, 0.3) is 0 Å². The van der Waals surface area contributed by atoms with E-state index in [-0.39, 0.29) is 5.82 Å². The number of ether oxygens (including phenoxy) is 1. The molecule has 0 saturated carbocycles. The Kier molecular flexibility index (Phi) is 3.83. The number of nitrogens with one attached hydrogen (secondary N) is 1. The second kappa shape index (κ2) is 4.95. The van der Waals surface area contributed by atoms with Gasteiger partial charge in [-0.2, -0.15) is 0 Å². The molecule has 1 heterocycles. The summed E-state index contributed by atoms with van der Waals surface area (Å²) in [6.07, 6.45) is 1.56. The monoisotopic (exact) mass is 236 g/mol. The Hall–Kier alpha value is -1.91. The van der Waals surface area contributed by atoms with E-state index in [0.29, 0.717) is 11.8 Å². The van der Waals surface area contributed by atoms with Crippen LogP contribution >= 0.6 is 0 Å². The fourth-order valence-electron chi connectivity index (χ4n) is 1.22. The lowest BCUT2D eigenvalue weighted by molar-refractivity contribution is 0.0635. The molecule has 17 heavy (non-hydrogen) atoms. The first-order chi connectivity index (χ1) is 7.83. The molecule has 0 fully saturated rings. The van der Waals surface area contributed by atoms with Gasteiger partial charge in [-0.1, -0.05) is 0 Å². The van der Waals surface area contributed by atoms with Crippen molar-refractivity contribution in [3.8, 4) is 0 Å². The van der Waals surface area contributed by atoms with Gasteiger partial charge in [-0.15, -0.1) is 0 Å². The lowest BCUT2D eigenvalue weighted by atomic mass is 10.1. The third-order valence-corrected chi connectivity index (χ3v) is 1.95. The number of rotatable bonds is 2. The lowest BCUT2D eigenvalue weighted by Gasteiger charge is -2.19. The zero-order chi connectivity index (χ0) is 13.1. The highest BCUT2D eigenvalue weighted by atomic mass is 16.6. The van der Waals surface area contributed by atoms with E-state index < -0.39 is 11.7 Å². The number of amides is 1. The molecule has 92 valence electrons. The van der Waals surface area contributed by atoms with E-state index in [9.17, 15) is 9.59 Å². The van der Waals surface area contributed by atoms with Gasteiger partial charge in [0.05, 0.1) is 5.56 Å². The van der Waals surface area contributed by atoms with Crippen LogP contribution in [-0.2, 0) is 4.74 Å².